The zero-order chi connectivity index (χ0) is 11.3. The molecule has 0 unspecified atom stereocenters. The number of aliphatic carboxylic acids is 1. The summed E-state index contributed by atoms with van der Waals surface area (Å²) in [5.74, 6) is -1.55. The molecule has 0 radical (unpaired) electrons. The smallest absolute Gasteiger partial charge is 0.307 e. The summed E-state index contributed by atoms with van der Waals surface area (Å²) in [5, 5.41) is 16.8. The zero-order valence-electron chi connectivity index (χ0n) is 7.77. The lowest BCUT2D eigenvalue weighted by Gasteiger charge is -1.95. The van der Waals surface area contributed by atoms with Crippen molar-refractivity contribution >= 4 is 12.0 Å². The van der Waals surface area contributed by atoms with E-state index in [1.54, 1.807) is 12.1 Å². The van der Waals surface area contributed by atoms with E-state index in [0.29, 0.717) is 5.56 Å². The molecule has 76 valence electrons. The van der Waals surface area contributed by atoms with Crippen molar-refractivity contribution in [1.82, 2.24) is 0 Å². The van der Waals surface area contributed by atoms with Gasteiger partial charge in [0.1, 0.15) is 11.9 Å². The molecule has 0 saturated heterocycles. The van der Waals surface area contributed by atoms with Gasteiger partial charge in [0.2, 0.25) is 0 Å². The van der Waals surface area contributed by atoms with Crippen LogP contribution < -0.4 is 0 Å². The van der Waals surface area contributed by atoms with Gasteiger partial charge in [-0.1, -0.05) is 18.2 Å². The van der Waals surface area contributed by atoms with Gasteiger partial charge >= 0.3 is 5.97 Å². The monoisotopic (exact) mass is 205 g/mol. The fourth-order valence-corrected chi connectivity index (χ4v) is 1.02. The summed E-state index contributed by atoms with van der Waals surface area (Å²) in [7, 11) is 0. The van der Waals surface area contributed by atoms with Gasteiger partial charge < -0.3 is 5.11 Å². The molecule has 1 aromatic rings. The van der Waals surface area contributed by atoms with Crippen LogP contribution in [0, 0.1) is 17.1 Å². The van der Waals surface area contributed by atoms with E-state index in [1.165, 1.54) is 24.3 Å². The molecule has 0 saturated carbocycles. The standard InChI is InChI=1S/C11H8FNO2/c12-10-6-8(2-1-3-11(14)15)4-5-9(10)7-13/h1-2,4-6H,3H2,(H,14,15). The Labute approximate surface area is 86.1 Å². The Hall–Kier alpha value is -2.15. The molecule has 0 aliphatic carbocycles. The fourth-order valence-electron chi connectivity index (χ4n) is 1.02. The van der Waals surface area contributed by atoms with E-state index in [9.17, 15) is 9.18 Å². The Morgan fingerprint density at radius 2 is 2.33 bits per heavy atom. The second-order valence-electron chi connectivity index (χ2n) is 2.85. The SMILES string of the molecule is N#Cc1ccc(C=CCC(=O)O)cc1F. The number of rotatable bonds is 3. The summed E-state index contributed by atoms with van der Waals surface area (Å²) in [6.45, 7) is 0. The highest BCUT2D eigenvalue weighted by atomic mass is 19.1. The summed E-state index contributed by atoms with van der Waals surface area (Å²) in [4.78, 5) is 10.2. The fraction of sp³-hybridized carbons (Fsp3) is 0.0909. The summed E-state index contributed by atoms with van der Waals surface area (Å²) >= 11 is 0. The molecule has 0 heterocycles. The van der Waals surface area contributed by atoms with E-state index in [2.05, 4.69) is 0 Å². The summed E-state index contributed by atoms with van der Waals surface area (Å²) in [6.07, 6.45) is 2.81. The highest BCUT2D eigenvalue weighted by molar-refractivity contribution is 5.70. The highest BCUT2D eigenvalue weighted by Gasteiger charge is 2.00. The molecule has 0 bridgehead atoms. The minimum atomic E-state index is -0.944. The second-order valence-corrected chi connectivity index (χ2v) is 2.85. The summed E-state index contributed by atoms with van der Waals surface area (Å²) < 4.78 is 13.1. The Balaban J connectivity index is 2.81. The average Bonchev–Trinajstić information content (AvgIpc) is 2.17. The van der Waals surface area contributed by atoms with Crippen molar-refractivity contribution in [3.05, 3.63) is 41.2 Å². The van der Waals surface area contributed by atoms with E-state index >= 15 is 0 Å². The number of carboxylic acids is 1. The topological polar surface area (TPSA) is 61.1 Å². The Bertz CT molecular complexity index is 446. The number of nitriles is 1. The van der Waals surface area contributed by atoms with Crippen molar-refractivity contribution in [3.63, 3.8) is 0 Å². The molecule has 0 aliphatic rings. The van der Waals surface area contributed by atoms with Crippen molar-refractivity contribution < 1.29 is 14.3 Å². The predicted octanol–water partition coefficient (Wildman–Crippen LogP) is 2.19. The first-order chi connectivity index (χ1) is 7.13. The van der Waals surface area contributed by atoms with Crippen LogP contribution in [-0.2, 0) is 4.79 Å². The van der Waals surface area contributed by atoms with Crippen molar-refractivity contribution in [3.8, 4) is 6.07 Å². The van der Waals surface area contributed by atoms with Crippen LogP contribution in [0.1, 0.15) is 17.5 Å². The van der Waals surface area contributed by atoms with E-state index < -0.39 is 11.8 Å². The Morgan fingerprint density at radius 1 is 1.60 bits per heavy atom. The highest BCUT2D eigenvalue weighted by Crippen LogP contribution is 2.10. The first-order valence-electron chi connectivity index (χ1n) is 4.21. The number of benzene rings is 1. The van der Waals surface area contributed by atoms with Gasteiger partial charge in [0.05, 0.1) is 12.0 Å². The minimum absolute atomic E-state index is 0.0228. The molecule has 0 aliphatic heterocycles. The van der Waals surface area contributed by atoms with Gasteiger partial charge in [-0.3, -0.25) is 4.79 Å². The minimum Gasteiger partial charge on any atom is -0.481 e. The zero-order valence-corrected chi connectivity index (χ0v) is 7.77. The van der Waals surface area contributed by atoms with Gasteiger partial charge in [-0.05, 0) is 17.7 Å². The van der Waals surface area contributed by atoms with Crippen molar-refractivity contribution in [2.24, 2.45) is 0 Å². The third-order valence-corrected chi connectivity index (χ3v) is 1.72. The van der Waals surface area contributed by atoms with Gasteiger partial charge in [-0.25, -0.2) is 4.39 Å². The molecule has 1 aromatic carbocycles. The summed E-state index contributed by atoms with van der Waals surface area (Å²) in [5.41, 5.74) is 0.512. The van der Waals surface area contributed by atoms with E-state index in [1.807, 2.05) is 0 Å². The lowest BCUT2D eigenvalue weighted by molar-refractivity contribution is -0.135. The molecule has 0 fully saturated rings. The third kappa shape index (κ3) is 3.24. The number of carboxylic acid groups (broad SMARTS) is 1. The lowest BCUT2D eigenvalue weighted by atomic mass is 10.1. The van der Waals surface area contributed by atoms with Gasteiger partial charge in [-0.2, -0.15) is 5.26 Å². The maximum Gasteiger partial charge on any atom is 0.307 e. The number of hydrogen-bond donors (Lipinski definition) is 1. The Morgan fingerprint density at radius 3 is 2.87 bits per heavy atom. The predicted molar refractivity (Wildman–Crippen MR) is 52.4 cm³/mol. The van der Waals surface area contributed by atoms with Crippen molar-refractivity contribution in [2.75, 3.05) is 0 Å². The van der Waals surface area contributed by atoms with Crippen LogP contribution >= 0.6 is 0 Å². The second kappa shape index (κ2) is 4.91. The molecule has 1 rings (SSSR count). The lowest BCUT2D eigenvalue weighted by Crippen LogP contribution is -1.90. The third-order valence-electron chi connectivity index (χ3n) is 1.72. The molecular weight excluding hydrogens is 197 g/mol. The molecule has 1 N–H and O–H groups in total. The molecule has 0 spiro atoms. The van der Waals surface area contributed by atoms with Gasteiger partial charge in [-0.15, -0.1) is 0 Å². The van der Waals surface area contributed by atoms with E-state index in [4.69, 9.17) is 10.4 Å². The van der Waals surface area contributed by atoms with Gasteiger partial charge in [0.25, 0.3) is 0 Å². The van der Waals surface area contributed by atoms with Crippen LogP contribution in [0.15, 0.2) is 24.3 Å². The molecule has 4 heteroatoms. The maximum absolute atomic E-state index is 13.1. The number of halogens is 1. The van der Waals surface area contributed by atoms with E-state index in [0.717, 1.165) is 0 Å². The number of carbonyl (C=O) groups is 1. The van der Waals surface area contributed by atoms with Crippen molar-refractivity contribution in [2.45, 2.75) is 6.42 Å². The molecule has 0 amide bonds. The Kier molecular flexibility index (Phi) is 3.58. The molecule has 15 heavy (non-hydrogen) atoms. The van der Waals surface area contributed by atoms with Crippen LogP contribution in [0.25, 0.3) is 6.08 Å². The first-order valence-corrected chi connectivity index (χ1v) is 4.21. The molecule has 3 nitrogen and oxygen atoms in total. The average molecular weight is 205 g/mol. The summed E-state index contributed by atoms with van der Waals surface area (Å²) in [6, 6.07) is 5.81. The van der Waals surface area contributed by atoms with Gasteiger partial charge in [0.15, 0.2) is 0 Å². The van der Waals surface area contributed by atoms with Crippen LogP contribution in [0.2, 0.25) is 0 Å². The first kappa shape index (κ1) is 10.9. The van der Waals surface area contributed by atoms with Crippen LogP contribution in [0.3, 0.4) is 0 Å². The quantitative estimate of drug-likeness (QED) is 0.822. The van der Waals surface area contributed by atoms with Crippen LogP contribution in [0.5, 0.6) is 0 Å². The normalized spacial score (nSPS) is 10.1. The van der Waals surface area contributed by atoms with Crippen LogP contribution in [0.4, 0.5) is 4.39 Å². The number of nitrogens with zero attached hydrogens (tertiary/aromatic N) is 1. The number of hydrogen-bond acceptors (Lipinski definition) is 2. The molecular formula is C11H8FNO2. The van der Waals surface area contributed by atoms with Crippen molar-refractivity contribution in [1.29, 1.82) is 5.26 Å². The maximum atomic E-state index is 13.1. The van der Waals surface area contributed by atoms with E-state index in [-0.39, 0.29) is 12.0 Å². The largest absolute Gasteiger partial charge is 0.481 e. The molecule has 0 aromatic heterocycles. The molecule has 0 atom stereocenters. The van der Waals surface area contributed by atoms with Gasteiger partial charge in [0, 0.05) is 0 Å². The van der Waals surface area contributed by atoms with Crippen LogP contribution in [-0.4, -0.2) is 11.1 Å².